The van der Waals surface area contributed by atoms with E-state index in [2.05, 4.69) is 60.9 Å². The fourth-order valence-electron chi connectivity index (χ4n) is 6.53. The monoisotopic (exact) mass is 727 g/mol. The van der Waals surface area contributed by atoms with E-state index in [0.717, 1.165) is 33.9 Å². The van der Waals surface area contributed by atoms with Gasteiger partial charge in [0.2, 0.25) is 5.95 Å². The second kappa shape index (κ2) is 18.6. The lowest BCUT2D eigenvalue weighted by atomic mass is 9.80. The second-order valence-corrected chi connectivity index (χ2v) is 14.4. The smallest absolute Gasteiger partial charge is 0.259 e. The molecule has 12 heteroatoms. The summed E-state index contributed by atoms with van der Waals surface area (Å²) in [5.41, 5.74) is 2.47. The zero-order chi connectivity index (χ0) is 37.1. The van der Waals surface area contributed by atoms with Crippen LogP contribution < -0.4 is 14.8 Å². The molecule has 1 unspecified atom stereocenters. The molecule has 0 bridgehead atoms. The lowest BCUT2D eigenvalue weighted by Crippen LogP contribution is -2.39. The number of anilines is 1. The Bertz CT molecular complexity index is 1670. The van der Waals surface area contributed by atoms with Crippen LogP contribution in [0.5, 0.6) is 11.5 Å². The standard InChI is InChI=1S/C40H50N5O6P/c1-28(2)45(29(3)4)52(49-25-11-23-41)51-37-26-36(35-22-24-43-39(42-5)44-35)50-38(37)27-48-40(30-12-9-8-10-13-30,31-14-18-33(46-6)19-15-31)32-16-20-34(47-7)21-17-32/h8-10,12-22,24,28-29,36-38H,11,25-27H2,1-7H3,(H,42,43,44)/t36-,37+,38-,52?/m1/s1. The number of benzene rings is 3. The van der Waals surface area contributed by atoms with Crippen molar-refractivity contribution in [3.63, 3.8) is 0 Å². The van der Waals surface area contributed by atoms with Gasteiger partial charge in [-0.05, 0) is 74.7 Å². The van der Waals surface area contributed by atoms with E-state index in [9.17, 15) is 5.26 Å². The normalized spacial score (nSPS) is 18.1. The maximum atomic E-state index is 9.31. The number of nitrogens with one attached hydrogen (secondary N) is 1. The van der Waals surface area contributed by atoms with Crippen molar-refractivity contribution in [1.29, 1.82) is 5.26 Å². The van der Waals surface area contributed by atoms with E-state index in [1.54, 1.807) is 27.5 Å². The fourth-order valence-corrected chi connectivity index (χ4v) is 8.29. The predicted octanol–water partition coefficient (Wildman–Crippen LogP) is 8.04. The third kappa shape index (κ3) is 9.07. The highest BCUT2D eigenvalue weighted by Gasteiger charge is 2.45. The molecule has 276 valence electrons. The average molecular weight is 728 g/mol. The van der Waals surface area contributed by atoms with Crippen molar-refractivity contribution in [1.82, 2.24) is 14.6 Å². The van der Waals surface area contributed by atoms with Gasteiger partial charge in [0.1, 0.15) is 29.3 Å². The Morgan fingerprint density at radius 1 is 0.904 bits per heavy atom. The number of hydrogen-bond donors (Lipinski definition) is 1. The first kappa shape index (κ1) is 39.1. The van der Waals surface area contributed by atoms with Crippen molar-refractivity contribution < 1.29 is 28.0 Å². The Kier molecular flexibility index (Phi) is 14.0. The Morgan fingerprint density at radius 3 is 2.04 bits per heavy atom. The summed E-state index contributed by atoms with van der Waals surface area (Å²) in [6.45, 7) is 8.93. The van der Waals surface area contributed by atoms with Crippen molar-refractivity contribution in [2.75, 3.05) is 39.8 Å². The summed E-state index contributed by atoms with van der Waals surface area (Å²) in [6, 6.07) is 30.4. The van der Waals surface area contributed by atoms with E-state index in [1.807, 2.05) is 72.8 Å². The van der Waals surface area contributed by atoms with Crippen LogP contribution in [0.25, 0.3) is 0 Å². The van der Waals surface area contributed by atoms with E-state index < -0.39 is 26.3 Å². The molecule has 11 nitrogen and oxygen atoms in total. The van der Waals surface area contributed by atoms with Gasteiger partial charge < -0.3 is 33.3 Å². The summed E-state index contributed by atoms with van der Waals surface area (Å²) >= 11 is 0. The summed E-state index contributed by atoms with van der Waals surface area (Å²) in [5, 5.41) is 12.3. The summed E-state index contributed by atoms with van der Waals surface area (Å²) in [6.07, 6.45) is 1.18. The zero-order valence-electron chi connectivity index (χ0n) is 31.1. The van der Waals surface area contributed by atoms with Crippen molar-refractivity contribution >= 4 is 14.5 Å². The first-order valence-electron chi connectivity index (χ1n) is 17.6. The van der Waals surface area contributed by atoms with Gasteiger partial charge in [-0.25, -0.2) is 14.6 Å². The van der Waals surface area contributed by atoms with Crippen LogP contribution in [0.1, 0.15) is 69.0 Å². The van der Waals surface area contributed by atoms with Gasteiger partial charge in [-0.1, -0.05) is 54.6 Å². The van der Waals surface area contributed by atoms with Crippen LogP contribution in [0.4, 0.5) is 5.95 Å². The third-order valence-electron chi connectivity index (χ3n) is 8.96. The summed E-state index contributed by atoms with van der Waals surface area (Å²) in [7, 11) is 3.54. The molecule has 1 aromatic heterocycles. The van der Waals surface area contributed by atoms with Crippen LogP contribution in [0.3, 0.4) is 0 Å². The highest BCUT2D eigenvalue weighted by Crippen LogP contribution is 2.51. The molecule has 0 radical (unpaired) electrons. The van der Waals surface area contributed by atoms with Crippen LogP contribution in [0.15, 0.2) is 91.1 Å². The number of nitrogens with zero attached hydrogens (tertiary/aromatic N) is 4. The van der Waals surface area contributed by atoms with Gasteiger partial charge in [0, 0.05) is 31.7 Å². The molecule has 0 aliphatic carbocycles. The van der Waals surface area contributed by atoms with Gasteiger partial charge >= 0.3 is 0 Å². The third-order valence-corrected chi connectivity index (χ3v) is 11.1. The van der Waals surface area contributed by atoms with Gasteiger partial charge in [0.15, 0.2) is 0 Å². The van der Waals surface area contributed by atoms with Gasteiger partial charge in [-0.3, -0.25) is 0 Å². The molecule has 2 heterocycles. The van der Waals surface area contributed by atoms with Crippen LogP contribution in [0, 0.1) is 11.3 Å². The average Bonchev–Trinajstić information content (AvgIpc) is 3.58. The lowest BCUT2D eigenvalue weighted by Gasteiger charge is -2.39. The molecule has 0 saturated carbocycles. The second-order valence-electron chi connectivity index (χ2n) is 13.0. The number of methoxy groups -OCH3 is 2. The molecular formula is C40H50N5O6P. The molecule has 4 aromatic rings. The zero-order valence-corrected chi connectivity index (χ0v) is 32.0. The maximum absolute atomic E-state index is 9.31. The quantitative estimate of drug-likeness (QED) is 0.0609. The minimum Gasteiger partial charge on any atom is -0.497 e. The molecule has 1 saturated heterocycles. The van der Waals surface area contributed by atoms with E-state index >= 15 is 0 Å². The predicted molar refractivity (Wildman–Crippen MR) is 202 cm³/mol. The minimum absolute atomic E-state index is 0.136. The number of ether oxygens (including phenoxy) is 4. The largest absolute Gasteiger partial charge is 0.497 e. The summed E-state index contributed by atoms with van der Waals surface area (Å²) in [4.78, 5) is 9.03. The van der Waals surface area contributed by atoms with Gasteiger partial charge in [0.05, 0.1) is 51.7 Å². The van der Waals surface area contributed by atoms with Crippen molar-refractivity contribution in [2.45, 2.75) is 76.5 Å². The number of rotatable bonds is 18. The lowest BCUT2D eigenvalue weighted by molar-refractivity contribution is -0.0811. The van der Waals surface area contributed by atoms with E-state index in [1.165, 1.54) is 0 Å². The Labute approximate surface area is 309 Å². The van der Waals surface area contributed by atoms with Gasteiger partial charge in [-0.15, -0.1) is 0 Å². The first-order chi connectivity index (χ1) is 25.2. The Balaban J connectivity index is 1.58. The fraction of sp³-hybridized carbons (Fsp3) is 0.425. The molecular weight excluding hydrogens is 677 g/mol. The van der Waals surface area contributed by atoms with Crippen LogP contribution >= 0.6 is 8.53 Å². The number of nitriles is 1. The topological polar surface area (TPSA) is 120 Å². The maximum Gasteiger partial charge on any atom is 0.259 e. The Hall–Kier alpha value is -4.14. The molecule has 4 atom stereocenters. The van der Waals surface area contributed by atoms with Crippen molar-refractivity contribution in [2.24, 2.45) is 0 Å². The molecule has 1 aliphatic heterocycles. The van der Waals surface area contributed by atoms with Crippen LogP contribution in [-0.4, -0.2) is 73.4 Å². The number of aromatic nitrogens is 2. The van der Waals surface area contributed by atoms with Crippen molar-refractivity contribution in [3.05, 3.63) is 114 Å². The van der Waals surface area contributed by atoms with Crippen LogP contribution in [0.2, 0.25) is 0 Å². The van der Waals surface area contributed by atoms with E-state index in [4.69, 9.17) is 33.0 Å². The highest BCUT2D eigenvalue weighted by atomic mass is 31.2. The van der Waals surface area contributed by atoms with Gasteiger partial charge in [0.25, 0.3) is 8.53 Å². The molecule has 5 rings (SSSR count). The van der Waals surface area contributed by atoms with Crippen molar-refractivity contribution in [3.8, 4) is 17.6 Å². The van der Waals surface area contributed by atoms with E-state index in [-0.39, 0.29) is 37.8 Å². The summed E-state index contributed by atoms with van der Waals surface area (Å²) in [5.74, 6) is 1.99. The molecule has 3 aromatic carbocycles. The Morgan fingerprint density at radius 2 is 1.50 bits per heavy atom. The molecule has 0 amide bonds. The summed E-state index contributed by atoms with van der Waals surface area (Å²) < 4.78 is 40.7. The van der Waals surface area contributed by atoms with Crippen LogP contribution in [-0.2, 0) is 24.1 Å². The van der Waals surface area contributed by atoms with E-state index in [0.29, 0.717) is 12.4 Å². The number of hydrogen-bond acceptors (Lipinski definition) is 11. The highest BCUT2D eigenvalue weighted by molar-refractivity contribution is 7.44. The molecule has 1 fully saturated rings. The first-order valence-corrected chi connectivity index (χ1v) is 18.8. The van der Waals surface area contributed by atoms with Gasteiger partial charge in [-0.2, -0.15) is 5.26 Å². The molecule has 1 aliphatic rings. The SMILES string of the molecule is CNc1nccc([C@H]2C[C@H](OP(OCCC#N)N(C(C)C)C(C)C)[C@@H](COC(c3ccccc3)(c3ccc(OC)cc3)c3ccc(OC)cc3)O2)n1. The minimum atomic E-state index is -1.56. The molecule has 0 spiro atoms. The molecule has 52 heavy (non-hydrogen) atoms. The molecule has 1 N–H and O–H groups in total.